The molecule has 1 unspecified atom stereocenters. The predicted molar refractivity (Wildman–Crippen MR) is 39.3 cm³/mol. The Labute approximate surface area is 86.4 Å². The molecular weight excluding hydrogens is 142 g/mol. The third kappa shape index (κ3) is 8.73. The maximum atomic E-state index is 10.3. The third-order valence-corrected chi connectivity index (χ3v) is 1.06. The van der Waals surface area contributed by atoms with E-state index in [4.69, 9.17) is 0 Å². The van der Waals surface area contributed by atoms with Crippen molar-refractivity contribution in [3.63, 3.8) is 0 Å². The summed E-state index contributed by atoms with van der Waals surface area (Å²) in [6, 6.07) is 0.326. The zero-order valence-corrected chi connectivity index (χ0v) is 8.61. The van der Waals surface area contributed by atoms with E-state index in [1.165, 1.54) is 6.92 Å². The maximum Gasteiger partial charge on any atom is 0.217 e. The van der Waals surface area contributed by atoms with E-state index in [1.54, 1.807) is 0 Å². The molecule has 0 aliphatic rings. The fourth-order valence-corrected chi connectivity index (χ4v) is 0.449. The Morgan fingerprint density at radius 1 is 1.67 bits per heavy atom. The van der Waals surface area contributed by atoms with Gasteiger partial charge in [-0.2, -0.15) is 0 Å². The standard InChI is InChI=1S/C6H13NO.Ca/c1-4-5(2)7-6(3)8;/h5H,4H2,1-3H3,(H,7,8);. The zero-order valence-electron chi connectivity index (χ0n) is 6.40. The van der Waals surface area contributed by atoms with E-state index in [9.17, 15) is 4.79 Å². The first-order valence-corrected chi connectivity index (χ1v) is 2.94. The molecule has 9 heavy (non-hydrogen) atoms. The van der Waals surface area contributed by atoms with Crippen LogP contribution in [0.1, 0.15) is 27.2 Å². The van der Waals surface area contributed by atoms with Crippen molar-refractivity contribution >= 4 is 43.6 Å². The summed E-state index contributed by atoms with van der Waals surface area (Å²) in [6.45, 7) is 5.56. The normalized spacial score (nSPS) is 11.4. The molecule has 0 rings (SSSR count). The predicted octanol–water partition coefficient (Wildman–Crippen LogP) is 0.540. The van der Waals surface area contributed by atoms with Crippen LogP contribution in [0.2, 0.25) is 0 Å². The number of carbonyl (C=O) groups excluding carboxylic acids is 1. The van der Waals surface area contributed by atoms with Crippen molar-refractivity contribution in [3.8, 4) is 0 Å². The van der Waals surface area contributed by atoms with Crippen molar-refractivity contribution in [3.05, 3.63) is 0 Å². The van der Waals surface area contributed by atoms with Gasteiger partial charge in [-0.05, 0) is 13.3 Å². The molecule has 1 amide bonds. The number of nitrogens with one attached hydrogen (secondary N) is 1. The van der Waals surface area contributed by atoms with Crippen LogP contribution in [0, 0.1) is 0 Å². The number of rotatable bonds is 2. The summed E-state index contributed by atoms with van der Waals surface area (Å²) < 4.78 is 0. The van der Waals surface area contributed by atoms with Crippen molar-refractivity contribution in [2.45, 2.75) is 33.2 Å². The average molecular weight is 155 g/mol. The molecule has 1 atom stereocenters. The van der Waals surface area contributed by atoms with Gasteiger partial charge < -0.3 is 5.32 Å². The summed E-state index contributed by atoms with van der Waals surface area (Å²) >= 11 is 0. The summed E-state index contributed by atoms with van der Waals surface area (Å²) in [5.41, 5.74) is 0. The van der Waals surface area contributed by atoms with Crippen LogP contribution in [0.5, 0.6) is 0 Å². The number of hydrogen-bond donors (Lipinski definition) is 1. The number of amides is 1. The van der Waals surface area contributed by atoms with Crippen molar-refractivity contribution in [1.29, 1.82) is 0 Å². The topological polar surface area (TPSA) is 29.1 Å². The molecule has 0 heterocycles. The number of hydrogen-bond acceptors (Lipinski definition) is 1. The van der Waals surface area contributed by atoms with Gasteiger partial charge in [-0.3, -0.25) is 4.79 Å². The molecule has 0 aromatic carbocycles. The van der Waals surface area contributed by atoms with Gasteiger partial charge in [-0.15, -0.1) is 0 Å². The Kier molecular flexibility index (Phi) is 9.44. The molecule has 0 aliphatic carbocycles. The van der Waals surface area contributed by atoms with Gasteiger partial charge in [-0.25, -0.2) is 0 Å². The summed E-state index contributed by atoms with van der Waals surface area (Å²) in [7, 11) is 0. The molecule has 0 saturated heterocycles. The van der Waals surface area contributed by atoms with Crippen LogP contribution in [0.25, 0.3) is 0 Å². The molecule has 0 aliphatic heterocycles. The molecule has 2 radical (unpaired) electrons. The van der Waals surface area contributed by atoms with Gasteiger partial charge in [0.2, 0.25) is 5.91 Å². The Bertz CT molecular complexity index is 85.1. The molecule has 0 aromatic heterocycles. The van der Waals surface area contributed by atoms with Gasteiger partial charge in [0, 0.05) is 50.7 Å². The maximum absolute atomic E-state index is 10.3. The largest absolute Gasteiger partial charge is 0.354 e. The molecule has 0 aromatic rings. The first-order chi connectivity index (χ1) is 3.66. The second kappa shape index (κ2) is 6.84. The van der Waals surface area contributed by atoms with Crippen molar-refractivity contribution in [2.24, 2.45) is 0 Å². The summed E-state index contributed by atoms with van der Waals surface area (Å²) in [5, 5.41) is 2.75. The first kappa shape index (κ1) is 12.4. The smallest absolute Gasteiger partial charge is 0.217 e. The second-order valence-electron chi connectivity index (χ2n) is 2.01. The molecule has 1 N–H and O–H groups in total. The van der Waals surface area contributed by atoms with Crippen molar-refractivity contribution < 1.29 is 4.79 Å². The van der Waals surface area contributed by atoms with Gasteiger partial charge in [-0.1, -0.05) is 6.92 Å². The van der Waals surface area contributed by atoms with Gasteiger partial charge in [0.15, 0.2) is 0 Å². The van der Waals surface area contributed by atoms with E-state index in [1.807, 2.05) is 13.8 Å². The SMILES string of the molecule is CCC(C)NC(C)=O.[Ca]. The van der Waals surface area contributed by atoms with Crippen molar-refractivity contribution in [1.82, 2.24) is 5.32 Å². The van der Waals surface area contributed by atoms with Crippen LogP contribution < -0.4 is 5.32 Å². The van der Waals surface area contributed by atoms with E-state index < -0.39 is 0 Å². The van der Waals surface area contributed by atoms with Crippen LogP contribution in [0.3, 0.4) is 0 Å². The summed E-state index contributed by atoms with van der Waals surface area (Å²) in [4.78, 5) is 10.3. The quantitative estimate of drug-likeness (QED) is 0.579. The van der Waals surface area contributed by atoms with Crippen LogP contribution in [-0.4, -0.2) is 49.7 Å². The van der Waals surface area contributed by atoms with Crippen LogP contribution in [0.4, 0.5) is 0 Å². The monoisotopic (exact) mass is 155 g/mol. The Morgan fingerprint density at radius 3 is 2.22 bits per heavy atom. The molecule has 0 fully saturated rings. The van der Waals surface area contributed by atoms with E-state index in [2.05, 4.69) is 5.32 Å². The second-order valence-corrected chi connectivity index (χ2v) is 2.01. The fraction of sp³-hybridized carbons (Fsp3) is 0.833. The Balaban J connectivity index is 0. The van der Waals surface area contributed by atoms with E-state index >= 15 is 0 Å². The fourth-order valence-electron chi connectivity index (χ4n) is 0.449. The van der Waals surface area contributed by atoms with Gasteiger partial charge in [0.25, 0.3) is 0 Å². The van der Waals surface area contributed by atoms with E-state index in [0.29, 0.717) is 6.04 Å². The molecular formula is C6H13CaNO. The summed E-state index contributed by atoms with van der Waals surface area (Å²) in [5.74, 6) is 0.0550. The molecule has 0 bridgehead atoms. The van der Waals surface area contributed by atoms with Gasteiger partial charge >= 0.3 is 0 Å². The van der Waals surface area contributed by atoms with Crippen molar-refractivity contribution in [2.75, 3.05) is 0 Å². The van der Waals surface area contributed by atoms with Gasteiger partial charge in [0.1, 0.15) is 0 Å². The first-order valence-electron chi connectivity index (χ1n) is 2.94. The van der Waals surface area contributed by atoms with Crippen LogP contribution in [-0.2, 0) is 4.79 Å². The minimum Gasteiger partial charge on any atom is -0.354 e. The zero-order chi connectivity index (χ0) is 6.57. The molecule has 3 heteroatoms. The minimum atomic E-state index is 0. The van der Waals surface area contributed by atoms with Crippen LogP contribution >= 0.6 is 0 Å². The average Bonchev–Trinajstić information content (AvgIpc) is 1.65. The van der Waals surface area contributed by atoms with E-state index in [0.717, 1.165) is 6.42 Å². The van der Waals surface area contributed by atoms with Crippen LogP contribution in [0.15, 0.2) is 0 Å². The number of carbonyl (C=O) groups is 1. The molecule has 0 saturated carbocycles. The van der Waals surface area contributed by atoms with E-state index in [-0.39, 0.29) is 43.6 Å². The molecule has 2 nitrogen and oxygen atoms in total. The molecule has 50 valence electrons. The molecule has 0 spiro atoms. The Hall–Kier alpha value is 0.730. The minimum absolute atomic E-state index is 0. The third-order valence-electron chi connectivity index (χ3n) is 1.06. The summed E-state index contributed by atoms with van der Waals surface area (Å²) in [6.07, 6.45) is 1.000. The van der Waals surface area contributed by atoms with Gasteiger partial charge in [0.05, 0.1) is 0 Å². The Morgan fingerprint density at radius 2 is 2.11 bits per heavy atom.